The van der Waals surface area contributed by atoms with Crippen molar-refractivity contribution in [2.24, 2.45) is 0 Å². The van der Waals surface area contributed by atoms with E-state index in [1.54, 1.807) is 0 Å². The fraction of sp³-hybridized carbons (Fsp3) is 0.800. The second-order valence-electron chi connectivity index (χ2n) is 4.29. The molecule has 0 radical (unpaired) electrons. The van der Waals surface area contributed by atoms with E-state index in [0.29, 0.717) is 4.90 Å². The van der Waals surface area contributed by atoms with Crippen LogP contribution >= 0.6 is 0 Å². The maximum atomic E-state index is 12.3. The zero-order chi connectivity index (χ0) is 14.5. The topological polar surface area (TPSA) is 69.6 Å². The van der Waals surface area contributed by atoms with Crippen LogP contribution in [0.15, 0.2) is 0 Å². The van der Waals surface area contributed by atoms with Gasteiger partial charge in [0, 0.05) is 12.1 Å². The van der Waals surface area contributed by atoms with Crippen molar-refractivity contribution in [2.75, 3.05) is 6.54 Å². The molecule has 0 aromatic rings. The van der Waals surface area contributed by atoms with E-state index in [4.69, 9.17) is 5.11 Å². The van der Waals surface area contributed by atoms with Crippen LogP contribution in [0.2, 0.25) is 0 Å². The third-order valence-electron chi connectivity index (χ3n) is 2.08. The first-order valence-electron chi connectivity index (χ1n) is 5.38. The number of rotatable bonds is 5. The molecule has 0 aromatic carbocycles. The van der Waals surface area contributed by atoms with E-state index >= 15 is 0 Å². The molecule has 8 heteroatoms. The summed E-state index contributed by atoms with van der Waals surface area (Å²) in [6, 6.07) is -2.29. The average molecular weight is 270 g/mol. The van der Waals surface area contributed by atoms with E-state index in [2.05, 4.69) is 5.32 Å². The fourth-order valence-corrected chi connectivity index (χ4v) is 1.29. The Morgan fingerprint density at radius 2 is 1.78 bits per heavy atom. The lowest BCUT2D eigenvalue weighted by Crippen LogP contribution is -2.50. The maximum Gasteiger partial charge on any atom is 0.406 e. The zero-order valence-corrected chi connectivity index (χ0v) is 10.4. The van der Waals surface area contributed by atoms with Gasteiger partial charge in [0.05, 0.1) is 6.42 Å². The molecule has 0 rings (SSSR count). The van der Waals surface area contributed by atoms with Gasteiger partial charge >= 0.3 is 18.2 Å². The third-order valence-corrected chi connectivity index (χ3v) is 2.08. The average Bonchev–Trinajstić information content (AvgIpc) is 2.10. The molecule has 0 fully saturated rings. The van der Waals surface area contributed by atoms with Gasteiger partial charge in [-0.05, 0) is 20.8 Å². The van der Waals surface area contributed by atoms with E-state index in [0.717, 1.165) is 0 Å². The molecule has 5 nitrogen and oxygen atoms in total. The molecule has 0 saturated carbocycles. The lowest BCUT2D eigenvalue weighted by atomic mass is 10.2. The van der Waals surface area contributed by atoms with Crippen LogP contribution < -0.4 is 5.32 Å². The van der Waals surface area contributed by atoms with E-state index in [1.165, 1.54) is 20.8 Å². The van der Waals surface area contributed by atoms with Gasteiger partial charge in [-0.3, -0.25) is 4.79 Å². The molecule has 0 saturated heterocycles. The van der Waals surface area contributed by atoms with Crippen molar-refractivity contribution < 1.29 is 27.9 Å². The number of nitrogens with zero attached hydrogens (tertiary/aromatic N) is 1. The number of urea groups is 1. The van der Waals surface area contributed by atoms with E-state index in [1.807, 2.05) is 0 Å². The Morgan fingerprint density at radius 3 is 2.11 bits per heavy atom. The van der Waals surface area contributed by atoms with E-state index in [-0.39, 0.29) is 6.42 Å². The molecular weight excluding hydrogens is 253 g/mol. The van der Waals surface area contributed by atoms with Crippen LogP contribution in [-0.2, 0) is 4.79 Å². The summed E-state index contributed by atoms with van der Waals surface area (Å²) in [4.78, 5) is 22.6. The number of alkyl halides is 3. The summed E-state index contributed by atoms with van der Waals surface area (Å²) in [6.45, 7) is 2.95. The summed E-state index contributed by atoms with van der Waals surface area (Å²) < 4.78 is 36.8. The number of hydrogen-bond acceptors (Lipinski definition) is 2. The molecule has 0 aliphatic carbocycles. The third kappa shape index (κ3) is 6.97. The lowest BCUT2D eigenvalue weighted by Gasteiger charge is -2.29. The highest BCUT2D eigenvalue weighted by molar-refractivity contribution is 5.76. The smallest absolute Gasteiger partial charge is 0.406 e. The van der Waals surface area contributed by atoms with Gasteiger partial charge in [-0.1, -0.05) is 0 Å². The number of carboxylic acid groups (broad SMARTS) is 1. The summed E-state index contributed by atoms with van der Waals surface area (Å²) in [5, 5.41) is 10.7. The Bertz CT molecular complexity index is 305. The molecule has 18 heavy (non-hydrogen) atoms. The summed E-state index contributed by atoms with van der Waals surface area (Å²) in [5.74, 6) is -1.13. The molecule has 2 N–H and O–H groups in total. The minimum absolute atomic E-state index is 0.344. The van der Waals surface area contributed by atoms with Gasteiger partial charge in [-0.15, -0.1) is 0 Å². The van der Waals surface area contributed by atoms with Crippen LogP contribution in [0.5, 0.6) is 0 Å². The zero-order valence-electron chi connectivity index (χ0n) is 10.4. The number of carbonyl (C=O) groups excluding carboxylic acids is 1. The van der Waals surface area contributed by atoms with Crippen molar-refractivity contribution in [3.8, 4) is 0 Å². The monoisotopic (exact) mass is 270 g/mol. The van der Waals surface area contributed by atoms with Crippen molar-refractivity contribution in [1.82, 2.24) is 10.2 Å². The first-order chi connectivity index (χ1) is 8.03. The second kappa shape index (κ2) is 6.46. The molecule has 2 amide bonds. The first kappa shape index (κ1) is 16.5. The van der Waals surface area contributed by atoms with Gasteiger partial charge in [0.15, 0.2) is 0 Å². The minimum atomic E-state index is -4.49. The van der Waals surface area contributed by atoms with Crippen molar-refractivity contribution in [1.29, 1.82) is 0 Å². The number of halogens is 3. The summed E-state index contributed by atoms with van der Waals surface area (Å²) in [6.07, 6.45) is -4.83. The summed E-state index contributed by atoms with van der Waals surface area (Å²) >= 11 is 0. The minimum Gasteiger partial charge on any atom is -0.481 e. The molecule has 106 valence electrons. The highest BCUT2D eigenvalue weighted by Crippen LogP contribution is 2.18. The fourth-order valence-electron chi connectivity index (χ4n) is 1.29. The molecular formula is C10H17F3N2O3. The highest BCUT2D eigenvalue weighted by atomic mass is 19.4. The predicted molar refractivity (Wildman–Crippen MR) is 58.1 cm³/mol. The van der Waals surface area contributed by atoms with Crippen molar-refractivity contribution >= 4 is 12.0 Å². The SMILES string of the molecule is CC(CC(=O)O)NC(=O)N(CC(F)(F)F)C(C)C. The van der Waals surface area contributed by atoms with Crippen molar-refractivity contribution in [2.45, 2.75) is 45.5 Å². The largest absolute Gasteiger partial charge is 0.481 e. The number of amides is 2. The van der Waals surface area contributed by atoms with Gasteiger partial charge in [-0.25, -0.2) is 4.79 Å². The summed E-state index contributed by atoms with van der Waals surface area (Å²) in [7, 11) is 0. The Hall–Kier alpha value is -1.47. The second-order valence-corrected chi connectivity index (χ2v) is 4.29. The number of aliphatic carboxylic acids is 1. The molecule has 0 aromatic heterocycles. The van der Waals surface area contributed by atoms with Crippen LogP contribution in [0, 0.1) is 0 Å². The molecule has 1 atom stereocenters. The van der Waals surface area contributed by atoms with Crippen molar-refractivity contribution in [3.05, 3.63) is 0 Å². The number of hydrogen-bond donors (Lipinski definition) is 2. The van der Waals surface area contributed by atoms with Crippen LogP contribution in [-0.4, -0.2) is 46.8 Å². The van der Waals surface area contributed by atoms with Crippen LogP contribution in [0.25, 0.3) is 0 Å². The Labute approximate surface area is 103 Å². The molecule has 0 heterocycles. The molecule has 0 aliphatic heterocycles. The molecule has 0 bridgehead atoms. The standard InChI is InChI=1S/C10H17F3N2O3/c1-6(2)15(5-10(11,12)13)9(18)14-7(3)4-8(16)17/h6-7H,4-5H2,1-3H3,(H,14,18)(H,16,17). The quantitative estimate of drug-likeness (QED) is 0.800. The summed E-state index contributed by atoms with van der Waals surface area (Å²) in [5.41, 5.74) is 0. The molecule has 1 unspecified atom stereocenters. The van der Waals surface area contributed by atoms with Gasteiger partial charge in [0.1, 0.15) is 6.54 Å². The highest BCUT2D eigenvalue weighted by Gasteiger charge is 2.34. The van der Waals surface area contributed by atoms with E-state index in [9.17, 15) is 22.8 Å². The lowest BCUT2D eigenvalue weighted by molar-refractivity contribution is -0.143. The number of nitrogens with one attached hydrogen (secondary N) is 1. The Balaban J connectivity index is 4.54. The first-order valence-corrected chi connectivity index (χ1v) is 5.38. The molecule has 0 spiro atoms. The Morgan fingerprint density at radius 1 is 1.28 bits per heavy atom. The Kier molecular flexibility index (Phi) is 5.93. The van der Waals surface area contributed by atoms with Gasteiger partial charge in [-0.2, -0.15) is 13.2 Å². The van der Waals surface area contributed by atoms with Gasteiger partial charge < -0.3 is 15.3 Å². The van der Waals surface area contributed by atoms with Crippen LogP contribution in [0.4, 0.5) is 18.0 Å². The molecule has 0 aliphatic rings. The van der Waals surface area contributed by atoms with Crippen LogP contribution in [0.1, 0.15) is 27.2 Å². The number of carbonyl (C=O) groups is 2. The maximum absolute atomic E-state index is 12.3. The van der Waals surface area contributed by atoms with E-state index < -0.39 is 36.8 Å². The number of carboxylic acids is 1. The van der Waals surface area contributed by atoms with Gasteiger partial charge in [0.2, 0.25) is 0 Å². The normalized spacial score (nSPS) is 13.3. The predicted octanol–water partition coefficient (Wildman–Crippen LogP) is 1.83. The van der Waals surface area contributed by atoms with Crippen LogP contribution in [0.3, 0.4) is 0 Å². The van der Waals surface area contributed by atoms with Gasteiger partial charge in [0.25, 0.3) is 0 Å². The van der Waals surface area contributed by atoms with Crippen molar-refractivity contribution in [3.63, 3.8) is 0 Å².